The molecule has 2 rings (SSSR count). The van der Waals surface area contributed by atoms with Crippen LogP contribution in [0.25, 0.3) is 0 Å². The molecule has 1 amide bonds. The lowest BCUT2D eigenvalue weighted by Crippen LogP contribution is -2.17. The van der Waals surface area contributed by atoms with Crippen LogP contribution in [0.15, 0.2) is 47.4 Å². The zero-order chi connectivity index (χ0) is 17.7. The Morgan fingerprint density at radius 1 is 1.04 bits per heavy atom. The highest BCUT2D eigenvalue weighted by Gasteiger charge is 2.20. The molecule has 0 aliphatic heterocycles. The van der Waals surface area contributed by atoms with E-state index < -0.39 is 15.7 Å². The van der Waals surface area contributed by atoms with Gasteiger partial charge in [-0.1, -0.05) is 19.1 Å². The molecule has 7 heteroatoms. The van der Waals surface area contributed by atoms with E-state index in [1.165, 1.54) is 26.4 Å². The largest absolute Gasteiger partial charge is 0.493 e. The smallest absolute Gasteiger partial charge is 0.256 e. The van der Waals surface area contributed by atoms with Gasteiger partial charge in [-0.05, 0) is 24.3 Å². The maximum Gasteiger partial charge on any atom is 0.256 e. The number of hydrogen-bond donors (Lipinski definition) is 1. The molecule has 0 atom stereocenters. The Kier molecular flexibility index (Phi) is 5.46. The minimum absolute atomic E-state index is 0.0190. The molecule has 0 aliphatic carbocycles. The first-order valence-electron chi connectivity index (χ1n) is 7.28. The average molecular weight is 349 g/mol. The number of ether oxygens (including phenoxy) is 2. The fourth-order valence-corrected chi connectivity index (χ4v) is 3.29. The first-order valence-corrected chi connectivity index (χ1v) is 8.93. The van der Waals surface area contributed by atoms with Crippen LogP contribution in [0.3, 0.4) is 0 Å². The summed E-state index contributed by atoms with van der Waals surface area (Å²) in [7, 11) is -0.487. The summed E-state index contributed by atoms with van der Waals surface area (Å²) in [4.78, 5) is 12.5. The quantitative estimate of drug-likeness (QED) is 0.867. The summed E-state index contributed by atoms with van der Waals surface area (Å²) < 4.78 is 34.6. The Labute approximate surface area is 141 Å². The molecule has 2 aromatic carbocycles. The predicted molar refractivity (Wildman–Crippen MR) is 91.7 cm³/mol. The number of sulfone groups is 1. The first-order chi connectivity index (χ1) is 11.4. The second-order valence-corrected chi connectivity index (χ2v) is 7.17. The summed E-state index contributed by atoms with van der Waals surface area (Å²) in [5.41, 5.74) is 0.579. The number of anilines is 1. The lowest BCUT2D eigenvalue weighted by molar-refractivity contribution is 0.102. The molecule has 24 heavy (non-hydrogen) atoms. The summed E-state index contributed by atoms with van der Waals surface area (Å²) >= 11 is 0. The fraction of sp³-hybridized carbons (Fsp3) is 0.235. The lowest BCUT2D eigenvalue weighted by Gasteiger charge is -2.12. The number of rotatable bonds is 6. The van der Waals surface area contributed by atoms with Gasteiger partial charge in [0, 0.05) is 11.8 Å². The average Bonchev–Trinajstić information content (AvgIpc) is 2.61. The van der Waals surface area contributed by atoms with Gasteiger partial charge in [-0.2, -0.15) is 0 Å². The van der Waals surface area contributed by atoms with Gasteiger partial charge in [-0.15, -0.1) is 0 Å². The zero-order valence-electron chi connectivity index (χ0n) is 13.7. The van der Waals surface area contributed by atoms with Crippen molar-refractivity contribution >= 4 is 21.4 Å². The number of methoxy groups -OCH3 is 2. The van der Waals surface area contributed by atoms with Gasteiger partial charge >= 0.3 is 0 Å². The van der Waals surface area contributed by atoms with E-state index in [4.69, 9.17) is 9.47 Å². The van der Waals surface area contributed by atoms with E-state index in [9.17, 15) is 13.2 Å². The monoisotopic (exact) mass is 349 g/mol. The minimum atomic E-state index is -3.50. The predicted octanol–water partition coefficient (Wildman–Crippen LogP) is 2.75. The van der Waals surface area contributed by atoms with Crippen molar-refractivity contribution in [3.63, 3.8) is 0 Å². The fourth-order valence-electron chi connectivity index (χ4n) is 2.19. The number of amides is 1. The van der Waals surface area contributed by atoms with Crippen LogP contribution in [0.4, 0.5) is 5.69 Å². The van der Waals surface area contributed by atoms with Crippen molar-refractivity contribution < 1.29 is 22.7 Å². The molecule has 0 aromatic heterocycles. The van der Waals surface area contributed by atoms with E-state index in [1.54, 1.807) is 37.3 Å². The second-order valence-electron chi connectivity index (χ2n) is 4.92. The molecule has 0 unspecified atom stereocenters. The number of nitrogens with one attached hydrogen (secondary N) is 1. The molecular formula is C17H19NO5S. The molecule has 6 nitrogen and oxygen atoms in total. The maximum atomic E-state index is 12.5. The van der Waals surface area contributed by atoms with Gasteiger partial charge in [-0.25, -0.2) is 8.42 Å². The number of carbonyl (C=O) groups is 1. The van der Waals surface area contributed by atoms with Gasteiger partial charge < -0.3 is 14.8 Å². The van der Waals surface area contributed by atoms with Gasteiger partial charge in [0.05, 0.1) is 30.4 Å². The Bertz CT molecular complexity index is 846. The van der Waals surface area contributed by atoms with Crippen LogP contribution in [0.2, 0.25) is 0 Å². The second kappa shape index (κ2) is 7.35. The van der Waals surface area contributed by atoms with Gasteiger partial charge in [0.2, 0.25) is 0 Å². The Morgan fingerprint density at radius 2 is 1.71 bits per heavy atom. The van der Waals surface area contributed by atoms with Gasteiger partial charge in [0.1, 0.15) is 0 Å². The van der Waals surface area contributed by atoms with Gasteiger partial charge in [-0.3, -0.25) is 4.79 Å². The number of hydrogen-bond acceptors (Lipinski definition) is 5. The van der Waals surface area contributed by atoms with Crippen molar-refractivity contribution in [3.05, 3.63) is 48.0 Å². The summed E-state index contributed by atoms with van der Waals surface area (Å²) in [6.07, 6.45) is 0. The van der Waals surface area contributed by atoms with Crippen molar-refractivity contribution in [1.82, 2.24) is 0 Å². The van der Waals surface area contributed by atoms with Crippen LogP contribution in [0.1, 0.15) is 17.3 Å². The van der Waals surface area contributed by atoms with Crippen LogP contribution in [-0.2, 0) is 9.84 Å². The molecule has 0 bridgehead atoms. The van der Waals surface area contributed by atoms with Crippen LogP contribution in [0.5, 0.6) is 11.5 Å². The van der Waals surface area contributed by atoms with E-state index in [1.807, 2.05) is 0 Å². The van der Waals surface area contributed by atoms with Gasteiger partial charge in [0.15, 0.2) is 21.3 Å². The standard InChI is InChI=1S/C17H19NO5S/c1-4-24(20,21)16-8-6-5-7-13(16)17(19)18-12-9-10-14(22-2)15(11-12)23-3/h5-11H,4H2,1-3H3,(H,18,19). The van der Waals surface area contributed by atoms with E-state index in [2.05, 4.69) is 5.32 Å². The molecule has 0 radical (unpaired) electrons. The van der Waals surface area contributed by atoms with E-state index in [0.29, 0.717) is 17.2 Å². The lowest BCUT2D eigenvalue weighted by atomic mass is 10.2. The highest BCUT2D eigenvalue weighted by Crippen LogP contribution is 2.30. The van der Waals surface area contributed by atoms with Crippen molar-refractivity contribution in [2.24, 2.45) is 0 Å². The zero-order valence-corrected chi connectivity index (χ0v) is 14.5. The summed E-state index contributed by atoms with van der Waals surface area (Å²) in [6.45, 7) is 1.54. The number of carbonyl (C=O) groups excluding carboxylic acids is 1. The first kappa shape index (κ1) is 17.8. The third-order valence-electron chi connectivity index (χ3n) is 3.49. The van der Waals surface area contributed by atoms with Crippen molar-refractivity contribution in [3.8, 4) is 11.5 Å². The highest BCUT2D eigenvalue weighted by atomic mass is 32.2. The molecule has 128 valence electrons. The molecule has 0 saturated heterocycles. The molecule has 0 fully saturated rings. The summed E-state index contributed by atoms with van der Waals surface area (Å²) in [5.74, 6) is 0.414. The normalized spacial score (nSPS) is 11.0. The Balaban J connectivity index is 2.35. The SMILES string of the molecule is CCS(=O)(=O)c1ccccc1C(=O)Nc1ccc(OC)c(OC)c1. The third-order valence-corrected chi connectivity index (χ3v) is 5.27. The minimum Gasteiger partial charge on any atom is -0.493 e. The molecule has 0 heterocycles. The van der Waals surface area contributed by atoms with Crippen molar-refractivity contribution in [1.29, 1.82) is 0 Å². The Hall–Kier alpha value is -2.54. The van der Waals surface area contributed by atoms with E-state index in [0.717, 1.165) is 0 Å². The molecular weight excluding hydrogens is 330 g/mol. The Morgan fingerprint density at radius 3 is 2.33 bits per heavy atom. The van der Waals surface area contributed by atoms with Crippen LogP contribution < -0.4 is 14.8 Å². The molecule has 2 aromatic rings. The van der Waals surface area contributed by atoms with Crippen LogP contribution in [-0.4, -0.2) is 34.3 Å². The van der Waals surface area contributed by atoms with Crippen LogP contribution in [0, 0.1) is 0 Å². The van der Waals surface area contributed by atoms with Crippen molar-refractivity contribution in [2.75, 3.05) is 25.3 Å². The van der Waals surface area contributed by atoms with Crippen molar-refractivity contribution in [2.45, 2.75) is 11.8 Å². The molecule has 0 saturated carbocycles. The number of benzene rings is 2. The highest BCUT2D eigenvalue weighted by molar-refractivity contribution is 7.91. The summed E-state index contributed by atoms with van der Waals surface area (Å²) in [5, 5.41) is 2.68. The van der Waals surface area contributed by atoms with Gasteiger partial charge in [0.25, 0.3) is 5.91 Å². The summed E-state index contributed by atoms with van der Waals surface area (Å²) in [6, 6.07) is 11.0. The third kappa shape index (κ3) is 3.68. The van der Waals surface area contributed by atoms with Crippen LogP contribution >= 0.6 is 0 Å². The topological polar surface area (TPSA) is 81.7 Å². The molecule has 1 N–H and O–H groups in total. The molecule has 0 spiro atoms. The van der Waals surface area contributed by atoms with E-state index in [-0.39, 0.29) is 16.2 Å². The molecule has 0 aliphatic rings. The maximum absolute atomic E-state index is 12.5. The van der Waals surface area contributed by atoms with E-state index >= 15 is 0 Å².